The van der Waals surface area contributed by atoms with Crippen molar-refractivity contribution in [2.75, 3.05) is 25.1 Å². The Morgan fingerprint density at radius 1 is 1.25 bits per heavy atom. The predicted octanol–water partition coefficient (Wildman–Crippen LogP) is 1.92. The van der Waals surface area contributed by atoms with E-state index < -0.39 is 11.8 Å². The number of carbonyl (C=O) groups is 2. The summed E-state index contributed by atoms with van der Waals surface area (Å²) in [5.41, 5.74) is 1.10. The van der Waals surface area contributed by atoms with Crippen LogP contribution >= 0.6 is 0 Å². The summed E-state index contributed by atoms with van der Waals surface area (Å²) < 4.78 is 5.41. The fourth-order valence-electron chi connectivity index (χ4n) is 4.35. The molecule has 3 heterocycles. The van der Waals surface area contributed by atoms with Crippen molar-refractivity contribution < 1.29 is 14.3 Å². The van der Waals surface area contributed by atoms with Crippen LogP contribution < -0.4 is 5.32 Å². The van der Waals surface area contributed by atoms with E-state index in [1.54, 1.807) is 11.1 Å². The molecule has 2 amide bonds. The van der Waals surface area contributed by atoms with Gasteiger partial charge in [0.05, 0.1) is 6.61 Å². The molecule has 6 heteroatoms. The fourth-order valence-corrected chi connectivity index (χ4v) is 4.35. The standard InChI is InChI=1S/C18H23N3O3/c22-17(18(23)21-8-5-12-2-1-3-15(12)21)20-16-10-13(4-7-19-16)14-6-9-24-11-14/h4,7,10,12,14-15H,1-3,5-6,8-9,11H2,(H,19,20,22)/t12-,14?,15-/m0/s1. The maximum absolute atomic E-state index is 12.5. The van der Waals surface area contributed by atoms with Gasteiger partial charge in [0.1, 0.15) is 5.82 Å². The minimum absolute atomic E-state index is 0.262. The summed E-state index contributed by atoms with van der Waals surface area (Å²) >= 11 is 0. The van der Waals surface area contributed by atoms with Crippen LogP contribution in [0.15, 0.2) is 18.3 Å². The normalized spacial score (nSPS) is 28.8. The summed E-state index contributed by atoms with van der Waals surface area (Å²) in [5, 5.41) is 2.68. The van der Waals surface area contributed by atoms with Gasteiger partial charge >= 0.3 is 11.8 Å². The van der Waals surface area contributed by atoms with Crippen LogP contribution in [0.4, 0.5) is 5.82 Å². The quantitative estimate of drug-likeness (QED) is 0.842. The van der Waals surface area contributed by atoms with Crippen molar-refractivity contribution in [3.63, 3.8) is 0 Å². The number of ether oxygens (including phenoxy) is 1. The number of nitrogens with zero attached hydrogens (tertiary/aromatic N) is 2. The molecule has 128 valence electrons. The molecule has 2 saturated heterocycles. The Hall–Kier alpha value is -1.95. The van der Waals surface area contributed by atoms with E-state index in [0.29, 0.717) is 30.8 Å². The average molecular weight is 329 g/mol. The van der Waals surface area contributed by atoms with Crippen LogP contribution in [0, 0.1) is 5.92 Å². The van der Waals surface area contributed by atoms with Gasteiger partial charge in [-0.15, -0.1) is 0 Å². The Labute approximate surface area is 141 Å². The van der Waals surface area contributed by atoms with E-state index in [-0.39, 0.29) is 6.04 Å². The van der Waals surface area contributed by atoms with Crippen molar-refractivity contribution in [1.29, 1.82) is 0 Å². The van der Waals surface area contributed by atoms with E-state index in [4.69, 9.17) is 4.74 Å². The van der Waals surface area contributed by atoms with Gasteiger partial charge in [0.25, 0.3) is 0 Å². The van der Waals surface area contributed by atoms with Crippen LogP contribution in [0.5, 0.6) is 0 Å². The minimum atomic E-state index is -0.574. The zero-order chi connectivity index (χ0) is 16.5. The molecule has 0 radical (unpaired) electrons. The van der Waals surface area contributed by atoms with Crippen LogP contribution in [0.2, 0.25) is 0 Å². The summed E-state index contributed by atoms with van der Waals surface area (Å²) in [6.45, 7) is 2.17. The molecule has 6 nitrogen and oxygen atoms in total. The maximum Gasteiger partial charge on any atom is 0.315 e. The summed E-state index contributed by atoms with van der Waals surface area (Å²) in [6, 6.07) is 4.06. The van der Waals surface area contributed by atoms with Crippen molar-refractivity contribution in [3.8, 4) is 0 Å². The minimum Gasteiger partial charge on any atom is -0.381 e. The summed E-state index contributed by atoms with van der Waals surface area (Å²) in [7, 11) is 0. The first kappa shape index (κ1) is 15.6. The molecule has 1 saturated carbocycles. The lowest BCUT2D eigenvalue weighted by molar-refractivity contribution is -0.143. The van der Waals surface area contributed by atoms with Gasteiger partial charge in [0.2, 0.25) is 0 Å². The number of fused-ring (bicyclic) bond motifs is 1. The maximum atomic E-state index is 12.5. The third-order valence-corrected chi connectivity index (χ3v) is 5.64. The monoisotopic (exact) mass is 329 g/mol. The number of carbonyl (C=O) groups excluding carboxylic acids is 2. The van der Waals surface area contributed by atoms with Crippen molar-refractivity contribution in [1.82, 2.24) is 9.88 Å². The summed E-state index contributed by atoms with van der Waals surface area (Å²) in [5.74, 6) is 0.387. The molecular formula is C18H23N3O3. The highest BCUT2D eigenvalue weighted by Gasteiger charge is 2.41. The second kappa shape index (κ2) is 6.51. The van der Waals surface area contributed by atoms with E-state index in [1.165, 1.54) is 6.42 Å². The molecule has 1 aromatic rings. The zero-order valence-corrected chi connectivity index (χ0v) is 13.7. The topological polar surface area (TPSA) is 71.5 Å². The molecule has 1 unspecified atom stereocenters. The molecule has 3 aliphatic rings. The molecule has 1 aromatic heterocycles. The lowest BCUT2D eigenvalue weighted by atomic mass is 10.00. The molecule has 1 aliphatic carbocycles. The van der Waals surface area contributed by atoms with Gasteiger partial charge in [-0.05, 0) is 49.3 Å². The first-order chi connectivity index (χ1) is 11.7. The molecule has 0 bridgehead atoms. The van der Waals surface area contributed by atoms with E-state index in [1.807, 2.05) is 12.1 Å². The van der Waals surface area contributed by atoms with Crippen LogP contribution in [-0.2, 0) is 14.3 Å². The van der Waals surface area contributed by atoms with Gasteiger partial charge in [0, 0.05) is 31.3 Å². The molecule has 2 aliphatic heterocycles. The smallest absolute Gasteiger partial charge is 0.315 e. The van der Waals surface area contributed by atoms with Crippen molar-refractivity contribution in [3.05, 3.63) is 23.9 Å². The van der Waals surface area contributed by atoms with Crippen LogP contribution in [0.25, 0.3) is 0 Å². The second-order valence-corrected chi connectivity index (χ2v) is 7.03. The largest absolute Gasteiger partial charge is 0.381 e. The Balaban J connectivity index is 1.42. The Kier molecular flexibility index (Phi) is 4.22. The van der Waals surface area contributed by atoms with Gasteiger partial charge in [-0.25, -0.2) is 4.98 Å². The van der Waals surface area contributed by atoms with Gasteiger partial charge in [-0.3, -0.25) is 9.59 Å². The number of anilines is 1. The highest BCUT2D eigenvalue weighted by Crippen LogP contribution is 2.37. The zero-order valence-electron chi connectivity index (χ0n) is 13.7. The Bertz CT molecular complexity index is 642. The van der Waals surface area contributed by atoms with Crippen molar-refractivity contribution in [2.24, 2.45) is 5.92 Å². The number of amides is 2. The highest BCUT2D eigenvalue weighted by atomic mass is 16.5. The van der Waals surface area contributed by atoms with Crippen LogP contribution in [0.3, 0.4) is 0 Å². The van der Waals surface area contributed by atoms with Crippen LogP contribution in [-0.4, -0.2) is 47.5 Å². The van der Waals surface area contributed by atoms with Crippen molar-refractivity contribution in [2.45, 2.75) is 44.1 Å². The third-order valence-electron chi connectivity index (χ3n) is 5.64. The molecule has 0 spiro atoms. The first-order valence-electron chi connectivity index (χ1n) is 8.88. The van der Waals surface area contributed by atoms with Gasteiger partial charge in [-0.1, -0.05) is 6.42 Å². The molecule has 3 fully saturated rings. The molecule has 24 heavy (non-hydrogen) atoms. The average Bonchev–Trinajstić information content (AvgIpc) is 3.32. The van der Waals surface area contributed by atoms with Crippen LogP contribution in [0.1, 0.15) is 43.6 Å². The number of aromatic nitrogens is 1. The van der Waals surface area contributed by atoms with E-state index in [0.717, 1.165) is 37.9 Å². The lowest BCUT2D eigenvalue weighted by Crippen LogP contribution is -2.42. The SMILES string of the molecule is O=C(Nc1cc(C2CCOC2)ccn1)C(=O)N1CC[C@@H]2CCC[C@@H]21. The number of hydrogen-bond acceptors (Lipinski definition) is 4. The van der Waals surface area contributed by atoms with E-state index in [2.05, 4.69) is 10.3 Å². The summed E-state index contributed by atoms with van der Waals surface area (Å²) in [4.78, 5) is 30.8. The number of hydrogen-bond donors (Lipinski definition) is 1. The second-order valence-electron chi connectivity index (χ2n) is 7.03. The molecule has 0 aromatic carbocycles. The first-order valence-corrected chi connectivity index (χ1v) is 8.88. The molecule has 3 atom stereocenters. The number of rotatable bonds is 2. The molecular weight excluding hydrogens is 306 g/mol. The van der Waals surface area contributed by atoms with Crippen molar-refractivity contribution >= 4 is 17.6 Å². The number of pyridine rings is 1. The Morgan fingerprint density at radius 3 is 3.00 bits per heavy atom. The number of nitrogens with one attached hydrogen (secondary N) is 1. The summed E-state index contributed by atoms with van der Waals surface area (Å²) in [6.07, 6.45) is 7.05. The van der Waals surface area contributed by atoms with Gasteiger partial charge < -0.3 is 15.0 Å². The Morgan fingerprint density at radius 2 is 2.17 bits per heavy atom. The number of likely N-dealkylation sites (tertiary alicyclic amines) is 1. The van der Waals surface area contributed by atoms with Gasteiger partial charge in [0.15, 0.2) is 0 Å². The third kappa shape index (κ3) is 2.90. The fraction of sp³-hybridized carbons (Fsp3) is 0.611. The van der Waals surface area contributed by atoms with Gasteiger partial charge in [-0.2, -0.15) is 0 Å². The molecule has 4 rings (SSSR count). The van der Waals surface area contributed by atoms with E-state index in [9.17, 15) is 9.59 Å². The highest BCUT2D eigenvalue weighted by molar-refractivity contribution is 6.39. The molecule has 1 N–H and O–H groups in total. The van der Waals surface area contributed by atoms with E-state index >= 15 is 0 Å². The lowest BCUT2D eigenvalue weighted by Gasteiger charge is -2.23. The predicted molar refractivity (Wildman–Crippen MR) is 88.5 cm³/mol.